The third-order valence-corrected chi connectivity index (χ3v) is 2.23. The summed E-state index contributed by atoms with van der Waals surface area (Å²) in [5.74, 6) is 0. The molecule has 0 unspecified atom stereocenters. The monoisotopic (exact) mass is 173 g/mol. The number of hydrogen-bond donors (Lipinski definition) is 1. The highest BCUT2D eigenvalue weighted by Gasteiger charge is 2.26. The highest BCUT2D eigenvalue weighted by molar-refractivity contribution is 4.83. The summed E-state index contributed by atoms with van der Waals surface area (Å²) in [6.45, 7) is 5.68. The fourth-order valence-electron chi connectivity index (χ4n) is 1.39. The minimum absolute atomic E-state index is 0.134. The van der Waals surface area contributed by atoms with Gasteiger partial charge in [0.1, 0.15) is 0 Å². The third kappa shape index (κ3) is 3.52. The zero-order valence-electron chi connectivity index (χ0n) is 7.83. The van der Waals surface area contributed by atoms with E-state index in [0.717, 1.165) is 25.7 Å². The van der Waals surface area contributed by atoms with Crippen LogP contribution >= 0.6 is 0 Å². The van der Waals surface area contributed by atoms with Crippen LogP contribution in [-0.4, -0.2) is 49.0 Å². The van der Waals surface area contributed by atoms with Crippen molar-refractivity contribution in [1.29, 1.82) is 0 Å². The molecule has 0 heterocycles. The van der Waals surface area contributed by atoms with Crippen LogP contribution in [0.15, 0.2) is 0 Å². The SMILES string of the molecule is CCN(CCOCCO)C1CC1. The predicted octanol–water partition coefficient (Wildman–Crippen LogP) is 0.480. The zero-order valence-corrected chi connectivity index (χ0v) is 7.83. The molecule has 3 heteroatoms. The number of likely N-dealkylation sites (N-methyl/N-ethyl adjacent to an activating group) is 1. The van der Waals surface area contributed by atoms with E-state index in [0.29, 0.717) is 6.61 Å². The van der Waals surface area contributed by atoms with Gasteiger partial charge in [-0.25, -0.2) is 0 Å². The molecule has 1 rings (SSSR count). The van der Waals surface area contributed by atoms with Crippen molar-refractivity contribution < 1.29 is 9.84 Å². The molecule has 0 spiro atoms. The molecule has 0 amide bonds. The number of hydrogen-bond acceptors (Lipinski definition) is 3. The summed E-state index contributed by atoms with van der Waals surface area (Å²) in [6, 6.07) is 0.827. The average Bonchev–Trinajstić information content (AvgIpc) is 2.88. The maximum Gasteiger partial charge on any atom is 0.0698 e. The summed E-state index contributed by atoms with van der Waals surface area (Å²) in [4.78, 5) is 2.44. The average molecular weight is 173 g/mol. The van der Waals surface area contributed by atoms with Gasteiger partial charge in [0.2, 0.25) is 0 Å². The fraction of sp³-hybridized carbons (Fsp3) is 1.00. The van der Waals surface area contributed by atoms with Gasteiger partial charge >= 0.3 is 0 Å². The van der Waals surface area contributed by atoms with E-state index in [1.165, 1.54) is 12.8 Å². The lowest BCUT2D eigenvalue weighted by Gasteiger charge is -2.19. The quantitative estimate of drug-likeness (QED) is 0.568. The minimum atomic E-state index is 0.134. The van der Waals surface area contributed by atoms with Gasteiger partial charge in [0.15, 0.2) is 0 Å². The summed E-state index contributed by atoms with van der Waals surface area (Å²) < 4.78 is 5.20. The normalized spacial score (nSPS) is 17.2. The van der Waals surface area contributed by atoms with Crippen LogP contribution in [0.1, 0.15) is 19.8 Å². The van der Waals surface area contributed by atoms with Crippen LogP contribution in [0.3, 0.4) is 0 Å². The Bertz CT molecular complexity index is 115. The molecule has 1 fully saturated rings. The van der Waals surface area contributed by atoms with Crippen molar-refractivity contribution in [2.45, 2.75) is 25.8 Å². The van der Waals surface area contributed by atoms with Crippen molar-refractivity contribution in [2.24, 2.45) is 0 Å². The second-order valence-electron chi connectivity index (χ2n) is 3.20. The first kappa shape index (κ1) is 9.96. The Hall–Kier alpha value is -0.120. The molecule has 0 aliphatic heterocycles. The molecular weight excluding hydrogens is 154 g/mol. The Labute approximate surface area is 74.3 Å². The summed E-state index contributed by atoms with van der Waals surface area (Å²) in [5.41, 5.74) is 0. The number of aliphatic hydroxyl groups excluding tert-OH is 1. The Balaban J connectivity index is 1.95. The molecule has 1 aliphatic carbocycles. The van der Waals surface area contributed by atoms with E-state index in [2.05, 4.69) is 11.8 Å². The van der Waals surface area contributed by atoms with Crippen LogP contribution in [0.2, 0.25) is 0 Å². The van der Waals surface area contributed by atoms with E-state index in [-0.39, 0.29) is 6.61 Å². The van der Waals surface area contributed by atoms with E-state index < -0.39 is 0 Å². The van der Waals surface area contributed by atoms with Crippen molar-refractivity contribution in [1.82, 2.24) is 4.90 Å². The predicted molar refractivity (Wildman–Crippen MR) is 48.2 cm³/mol. The molecular formula is C9H19NO2. The molecule has 0 aromatic carbocycles. The van der Waals surface area contributed by atoms with Gasteiger partial charge in [-0.1, -0.05) is 6.92 Å². The van der Waals surface area contributed by atoms with E-state index in [4.69, 9.17) is 9.84 Å². The maximum absolute atomic E-state index is 8.47. The number of rotatable bonds is 7. The summed E-state index contributed by atoms with van der Waals surface area (Å²) in [6.07, 6.45) is 2.71. The molecule has 1 aliphatic rings. The van der Waals surface area contributed by atoms with E-state index >= 15 is 0 Å². The summed E-state index contributed by atoms with van der Waals surface area (Å²) in [7, 11) is 0. The van der Waals surface area contributed by atoms with Gasteiger partial charge in [0, 0.05) is 12.6 Å². The molecule has 1 saturated carbocycles. The molecule has 0 atom stereocenters. The number of aliphatic hydroxyl groups is 1. The number of ether oxygens (including phenoxy) is 1. The lowest BCUT2D eigenvalue weighted by Crippen LogP contribution is -2.29. The van der Waals surface area contributed by atoms with Crippen molar-refractivity contribution in [3.63, 3.8) is 0 Å². The highest BCUT2D eigenvalue weighted by atomic mass is 16.5. The van der Waals surface area contributed by atoms with Crippen molar-refractivity contribution in [3.8, 4) is 0 Å². The molecule has 0 radical (unpaired) electrons. The van der Waals surface area contributed by atoms with E-state index in [1.54, 1.807) is 0 Å². The third-order valence-electron chi connectivity index (χ3n) is 2.23. The standard InChI is InChI=1S/C9H19NO2/c1-2-10(9-3-4-9)5-7-12-8-6-11/h9,11H,2-8H2,1H3. The van der Waals surface area contributed by atoms with Crippen molar-refractivity contribution in [2.75, 3.05) is 32.9 Å². The summed E-state index contributed by atoms with van der Waals surface area (Å²) in [5, 5.41) is 8.47. The van der Waals surface area contributed by atoms with Gasteiger partial charge in [-0.05, 0) is 19.4 Å². The Morgan fingerprint density at radius 3 is 2.67 bits per heavy atom. The Morgan fingerprint density at radius 1 is 1.42 bits per heavy atom. The minimum Gasteiger partial charge on any atom is -0.394 e. The Kier molecular flexibility index (Phi) is 4.58. The van der Waals surface area contributed by atoms with E-state index in [1.807, 2.05) is 0 Å². The second-order valence-corrected chi connectivity index (χ2v) is 3.20. The van der Waals surface area contributed by atoms with Crippen LogP contribution in [0.4, 0.5) is 0 Å². The lowest BCUT2D eigenvalue weighted by atomic mass is 10.4. The molecule has 0 aromatic rings. The first-order valence-electron chi connectivity index (χ1n) is 4.81. The van der Waals surface area contributed by atoms with Gasteiger partial charge in [0.05, 0.1) is 19.8 Å². The van der Waals surface area contributed by atoms with Crippen LogP contribution in [0.25, 0.3) is 0 Å². The first-order chi connectivity index (χ1) is 5.88. The molecule has 72 valence electrons. The van der Waals surface area contributed by atoms with Gasteiger partial charge < -0.3 is 9.84 Å². The highest BCUT2D eigenvalue weighted by Crippen LogP contribution is 2.25. The molecule has 0 saturated heterocycles. The topological polar surface area (TPSA) is 32.7 Å². The largest absolute Gasteiger partial charge is 0.394 e. The maximum atomic E-state index is 8.47. The molecule has 0 aromatic heterocycles. The van der Waals surface area contributed by atoms with E-state index in [9.17, 15) is 0 Å². The molecule has 3 nitrogen and oxygen atoms in total. The van der Waals surface area contributed by atoms with Crippen LogP contribution in [0, 0.1) is 0 Å². The molecule has 12 heavy (non-hydrogen) atoms. The number of nitrogens with zero attached hydrogens (tertiary/aromatic N) is 1. The van der Waals surface area contributed by atoms with Crippen molar-refractivity contribution in [3.05, 3.63) is 0 Å². The Morgan fingerprint density at radius 2 is 2.17 bits per heavy atom. The summed E-state index contributed by atoms with van der Waals surface area (Å²) >= 11 is 0. The van der Waals surface area contributed by atoms with Crippen LogP contribution in [0.5, 0.6) is 0 Å². The van der Waals surface area contributed by atoms with Crippen molar-refractivity contribution >= 4 is 0 Å². The lowest BCUT2D eigenvalue weighted by molar-refractivity contribution is 0.0731. The van der Waals surface area contributed by atoms with Crippen LogP contribution < -0.4 is 0 Å². The smallest absolute Gasteiger partial charge is 0.0698 e. The van der Waals surface area contributed by atoms with Gasteiger partial charge in [0.25, 0.3) is 0 Å². The zero-order chi connectivity index (χ0) is 8.81. The molecule has 0 bridgehead atoms. The van der Waals surface area contributed by atoms with Gasteiger partial charge in [-0.3, -0.25) is 4.90 Å². The molecule has 1 N–H and O–H groups in total. The van der Waals surface area contributed by atoms with Gasteiger partial charge in [-0.15, -0.1) is 0 Å². The first-order valence-corrected chi connectivity index (χ1v) is 4.81. The fourth-order valence-corrected chi connectivity index (χ4v) is 1.39. The van der Waals surface area contributed by atoms with Gasteiger partial charge in [-0.2, -0.15) is 0 Å². The van der Waals surface area contributed by atoms with Crippen LogP contribution in [-0.2, 0) is 4.74 Å². The second kappa shape index (κ2) is 5.51.